The van der Waals surface area contributed by atoms with Crippen molar-refractivity contribution in [1.82, 2.24) is 0 Å². The zero-order valence-corrected chi connectivity index (χ0v) is 14.3. The minimum atomic E-state index is -0.339. The molecule has 0 saturated carbocycles. The number of carbonyl (C=O) groups is 1. The van der Waals surface area contributed by atoms with E-state index in [-0.39, 0.29) is 6.03 Å². The van der Waals surface area contributed by atoms with Crippen molar-refractivity contribution >= 4 is 28.1 Å². The summed E-state index contributed by atoms with van der Waals surface area (Å²) in [7, 11) is 0. The maximum atomic E-state index is 12.2. The lowest BCUT2D eigenvalue weighted by molar-refractivity contribution is 0.262. The molecule has 124 valence electrons. The standard InChI is InChI=1S/C18H19N3O2S/c1-2-23-13-9-7-12(8-10-13)20-18(22)21-17-15(11-19)14-5-3-4-6-16(14)24-17/h7-10H,2-6H2,1H3,(H2,20,21,22). The number of nitriles is 1. The molecule has 1 aliphatic carbocycles. The molecule has 0 bridgehead atoms. The van der Waals surface area contributed by atoms with Gasteiger partial charge in [-0.25, -0.2) is 4.79 Å². The third-order valence-electron chi connectivity index (χ3n) is 3.93. The SMILES string of the molecule is CCOc1ccc(NC(=O)Nc2sc3c(c2C#N)CCCC3)cc1. The number of ether oxygens (including phenoxy) is 1. The molecule has 3 rings (SSSR count). The summed E-state index contributed by atoms with van der Waals surface area (Å²) in [6.07, 6.45) is 4.18. The molecule has 24 heavy (non-hydrogen) atoms. The molecule has 0 aliphatic heterocycles. The molecule has 6 heteroatoms. The van der Waals surface area contributed by atoms with Crippen LogP contribution in [-0.2, 0) is 12.8 Å². The third kappa shape index (κ3) is 3.52. The van der Waals surface area contributed by atoms with Gasteiger partial charge in [-0.1, -0.05) is 0 Å². The lowest BCUT2D eigenvalue weighted by Crippen LogP contribution is -2.19. The maximum absolute atomic E-state index is 12.2. The lowest BCUT2D eigenvalue weighted by atomic mass is 9.96. The second-order valence-corrected chi connectivity index (χ2v) is 6.67. The second-order valence-electron chi connectivity index (χ2n) is 5.56. The van der Waals surface area contributed by atoms with Crippen molar-refractivity contribution in [3.05, 3.63) is 40.3 Å². The van der Waals surface area contributed by atoms with E-state index in [1.165, 1.54) is 16.2 Å². The summed E-state index contributed by atoms with van der Waals surface area (Å²) in [6.45, 7) is 2.53. The highest BCUT2D eigenvalue weighted by molar-refractivity contribution is 7.16. The predicted octanol–water partition coefficient (Wildman–Crippen LogP) is 4.54. The van der Waals surface area contributed by atoms with Gasteiger partial charge >= 0.3 is 6.03 Å². The van der Waals surface area contributed by atoms with E-state index in [1.807, 2.05) is 19.1 Å². The van der Waals surface area contributed by atoms with Crippen molar-refractivity contribution < 1.29 is 9.53 Å². The van der Waals surface area contributed by atoms with E-state index in [0.29, 0.717) is 22.9 Å². The fraction of sp³-hybridized carbons (Fsp3) is 0.333. The van der Waals surface area contributed by atoms with Crippen molar-refractivity contribution in [2.24, 2.45) is 0 Å². The molecule has 0 radical (unpaired) electrons. The Hall–Kier alpha value is -2.52. The monoisotopic (exact) mass is 341 g/mol. The first-order valence-electron chi connectivity index (χ1n) is 8.06. The van der Waals surface area contributed by atoms with E-state index in [1.54, 1.807) is 12.1 Å². The Kier molecular flexibility index (Phi) is 5.02. The Morgan fingerprint density at radius 2 is 2.00 bits per heavy atom. The third-order valence-corrected chi connectivity index (χ3v) is 5.14. The van der Waals surface area contributed by atoms with Crippen LogP contribution in [0.4, 0.5) is 15.5 Å². The molecule has 0 saturated heterocycles. The lowest BCUT2D eigenvalue weighted by Gasteiger charge is -2.09. The summed E-state index contributed by atoms with van der Waals surface area (Å²) in [5.74, 6) is 0.765. The molecule has 0 atom stereocenters. The predicted molar refractivity (Wildman–Crippen MR) is 95.9 cm³/mol. The fourth-order valence-corrected chi connectivity index (χ4v) is 4.07. The minimum absolute atomic E-state index is 0.339. The molecule has 2 N–H and O–H groups in total. The van der Waals surface area contributed by atoms with E-state index >= 15 is 0 Å². The van der Waals surface area contributed by atoms with Crippen LogP contribution < -0.4 is 15.4 Å². The summed E-state index contributed by atoms with van der Waals surface area (Å²) in [5, 5.41) is 15.7. The first-order valence-corrected chi connectivity index (χ1v) is 8.88. The van der Waals surface area contributed by atoms with Gasteiger partial charge in [0.1, 0.15) is 16.8 Å². The molecule has 5 nitrogen and oxygen atoms in total. The van der Waals surface area contributed by atoms with Gasteiger partial charge in [0.2, 0.25) is 0 Å². The van der Waals surface area contributed by atoms with Crippen LogP contribution in [-0.4, -0.2) is 12.6 Å². The van der Waals surface area contributed by atoms with E-state index < -0.39 is 0 Å². The number of aryl methyl sites for hydroxylation is 1. The van der Waals surface area contributed by atoms with Gasteiger partial charge in [0.25, 0.3) is 0 Å². The summed E-state index contributed by atoms with van der Waals surface area (Å²) in [5.41, 5.74) is 2.41. The Balaban J connectivity index is 1.69. The van der Waals surface area contributed by atoms with Gasteiger partial charge in [0.15, 0.2) is 0 Å². The van der Waals surface area contributed by atoms with Gasteiger partial charge in [-0.3, -0.25) is 5.32 Å². The smallest absolute Gasteiger partial charge is 0.324 e. The average Bonchev–Trinajstić information content (AvgIpc) is 2.93. The number of hydrogen-bond donors (Lipinski definition) is 2. The van der Waals surface area contributed by atoms with Crippen molar-refractivity contribution in [1.29, 1.82) is 5.26 Å². The van der Waals surface area contributed by atoms with Crippen LogP contribution >= 0.6 is 11.3 Å². The number of nitrogens with one attached hydrogen (secondary N) is 2. The van der Waals surface area contributed by atoms with E-state index in [0.717, 1.165) is 37.0 Å². The summed E-state index contributed by atoms with van der Waals surface area (Å²) < 4.78 is 5.38. The minimum Gasteiger partial charge on any atom is -0.494 e. The largest absolute Gasteiger partial charge is 0.494 e. The van der Waals surface area contributed by atoms with Crippen LogP contribution in [0.15, 0.2) is 24.3 Å². The molecule has 1 aliphatic rings. The first-order chi connectivity index (χ1) is 11.7. The van der Waals surface area contributed by atoms with Gasteiger partial charge in [0.05, 0.1) is 12.2 Å². The Morgan fingerprint density at radius 1 is 1.25 bits per heavy atom. The van der Waals surface area contributed by atoms with Gasteiger partial charge in [0, 0.05) is 10.6 Å². The zero-order chi connectivity index (χ0) is 16.9. The van der Waals surface area contributed by atoms with Crippen molar-refractivity contribution in [2.45, 2.75) is 32.6 Å². The average molecular weight is 341 g/mol. The quantitative estimate of drug-likeness (QED) is 0.857. The van der Waals surface area contributed by atoms with Crippen molar-refractivity contribution in [3.63, 3.8) is 0 Å². The van der Waals surface area contributed by atoms with Gasteiger partial charge < -0.3 is 10.1 Å². The molecular weight excluding hydrogens is 322 g/mol. The molecule has 2 amide bonds. The number of carbonyl (C=O) groups excluding carboxylic acids is 1. The molecule has 1 aromatic heterocycles. The Bertz CT molecular complexity index is 775. The molecule has 2 aromatic rings. The molecule has 0 spiro atoms. The van der Waals surface area contributed by atoms with Crippen LogP contribution in [0.2, 0.25) is 0 Å². The van der Waals surface area contributed by atoms with Gasteiger partial charge in [-0.05, 0) is 62.4 Å². The van der Waals surface area contributed by atoms with Crippen LogP contribution in [0.25, 0.3) is 0 Å². The number of amides is 2. The molecule has 0 unspecified atom stereocenters. The molecule has 1 aromatic carbocycles. The highest BCUT2D eigenvalue weighted by atomic mass is 32.1. The number of benzene rings is 1. The van der Waals surface area contributed by atoms with Crippen molar-refractivity contribution in [2.75, 3.05) is 17.2 Å². The second kappa shape index (κ2) is 7.37. The van der Waals surface area contributed by atoms with Crippen molar-refractivity contribution in [3.8, 4) is 11.8 Å². The summed E-state index contributed by atoms with van der Waals surface area (Å²) in [6, 6.07) is 9.10. The maximum Gasteiger partial charge on any atom is 0.324 e. The Labute approximate surface area is 145 Å². The number of fused-ring (bicyclic) bond motifs is 1. The number of rotatable bonds is 4. The fourth-order valence-electron chi connectivity index (χ4n) is 2.84. The highest BCUT2D eigenvalue weighted by Crippen LogP contribution is 2.37. The van der Waals surface area contributed by atoms with Crippen LogP contribution in [0, 0.1) is 11.3 Å². The normalized spacial score (nSPS) is 12.8. The summed E-state index contributed by atoms with van der Waals surface area (Å²) in [4.78, 5) is 13.4. The number of hydrogen-bond acceptors (Lipinski definition) is 4. The first kappa shape index (κ1) is 16.3. The van der Waals surface area contributed by atoms with Crippen LogP contribution in [0.1, 0.15) is 35.8 Å². The van der Waals surface area contributed by atoms with E-state index in [9.17, 15) is 10.1 Å². The molecular formula is C18H19N3O2S. The highest BCUT2D eigenvalue weighted by Gasteiger charge is 2.21. The van der Waals surface area contributed by atoms with E-state index in [2.05, 4.69) is 16.7 Å². The topological polar surface area (TPSA) is 74.2 Å². The van der Waals surface area contributed by atoms with Crippen LogP contribution in [0.3, 0.4) is 0 Å². The van der Waals surface area contributed by atoms with Crippen LogP contribution in [0.5, 0.6) is 5.75 Å². The number of thiophene rings is 1. The number of anilines is 2. The summed E-state index contributed by atoms with van der Waals surface area (Å²) >= 11 is 1.52. The number of urea groups is 1. The Morgan fingerprint density at radius 3 is 2.71 bits per heavy atom. The molecule has 0 fully saturated rings. The van der Waals surface area contributed by atoms with Gasteiger partial charge in [-0.15, -0.1) is 11.3 Å². The molecule has 1 heterocycles. The van der Waals surface area contributed by atoms with Gasteiger partial charge in [-0.2, -0.15) is 5.26 Å². The van der Waals surface area contributed by atoms with E-state index in [4.69, 9.17) is 4.74 Å². The number of nitrogens with zero attached hydrogens (tertiary/aromatic N) is 1. The zero-order valence-electron chi connectivity index (χ0n) is 13.5.